The Morgan fingerprint density at radius 3 is 1.72 bits per heavy atom. The van der Waals surface area contributed by atoms with E-state index in [0.29, 0.717) is 0 Å². The van der Waals surface area contributed by atoms with Gasteiger partial charge in [-0.05, 0) is 43.5 Å². The Kier molecular flexibility index (Phi) is 15.4. The van der Waals surface area contributed by atoms with Gasteiger partial charge in [-0.1, -0.05) is 6.07 Å². The maximum atomic E-state index is 10.6. The fourth-order valence-corrected chi connectivity index (χ4v) is 4.95. The number of piperidine rings is 1. The molecular formula is C26H30F9N3O7S. The monoisotopic (exact) mass is 699 g/mol. The van der Waals surface area contributed by atoms with E-state index in [1.807, 2.05) is 29.8 Å². The molecule has 2 aromatic rings. The number of halogens is 9. The van der Waals surface area contributed by atoms with Gasteiger partial charge in [-0.2, -0.15) is 39.5 Å². The molecule has 46 heavy (non-hydrogen) atoms. The van der Waals surface area contributed by atoms with Gasteiger partial charge in [-0.25, -0.2) is 14.4 Å². The number of pyridine rings is 1. The van der Waals surface area contributed by atoms with E-state index in [1.165, 1.54) is 15.3 Å². The summed E-state index contributed by atoms with van der Waals surface area (Å²) in [5.74, 6) is -8.27. The Bertz CT molecular complexity index is 1190. The van der Waals surface area contributed by atoms with E-state index in [0.717, 1.165) is 58.7 Å². The van der Waals surface area contributed by atoms with Crippen LogP contribution in [0.5, 0.6) is 0 Å². The van der Waals surface area contributed by atoms with Gasteiger partial charge in [0.15, 0.2) is 0 Å². The third kappa shape index (κ3) is 15.7. The highest BCUT2D eigenvalue weighted by Gasteiger charge is 2.40. The van der Waals surface area contributed by atoms with Crippen molar-refractivity contribution in [1.29, 1.82) is 0 Å². The van der Waals surface area contributed by atoms with E-state index < -0.39 is 36.4 Å². The molecule has 2 aromatic heterocycles. The van der Waals surface area contributed by atoms with Crippen LogP contribution in [0.25, 0.3) is 0 Å². The minimum absolute atomic E-state index is 0.0579. The second-order valence-corrected chi connectivity index (χ2v) is 11.2. The molecule has 2 aliphatic heterocycles. The lowest BCUT2D eigenvalue weighted by Crippen LogP contribution is -2.56. The summed E-state index contributed by atoms with van der Waals surface area (Å²) in [5, 5.41) is 21.4. The average molecular weight is 700 g/mol. The number of aryl methyl sites for hydroxylation is 1. The molecule has 10 nitrogen and oxygen atoms in total. The summed E-state index contributed by atoms with van der Waals surface area (Å²) in [5.41, 5.74) is 1.35. The van der Waals surface area contributed by atoms with E-state index >= 15 is 0 Å². The van der Waals surface area contributed by atoms with Gasteiger partial charge in [-0.3, -0.25) is 14.8 Å². The molecule has 4 rings (SSSR count). The first-order chi connectivity index (χ1) is 21.0. The van der Waals surface area contributed by atoms with E-state index in [4.69, 9.17) is 34.4 Å². The molecule has 0 radical (unpaired) electrons. The van der Waals surface area contributed by atoms with Crippen molar-refractivity contribution in [2.24, 2.45) is 0 Å². The summed E-state index contributed by atoms with van der Waals surface area (Å²) in [7, 11) is 0. The predicted octanol–water partition coefficient (Wildman–Crippen LogP) is 5.22. The molecule has 0 bridgehead atoms. The number of carboxylic acids is 3. The number of likely N-dealkylation sites (tertiary alicyclic amines) is 1. The Labute approximate surface area is 260 Å². The SMILES string of the molecule is Cc1ccc(CN2CCC3(CC2)CN(Cc2cccnc2)CCO3)s1.O=C(O)C(F)(F)F.O=C(O)C(F)(F)F.O=C(O)C(F)(F)F. The molecule has 0 saturated carbocycles. The highest BCUT2D eigenvalue weighted by molar-refractivity contribution is 7.11. The molecule has 0 atom stereocenters. The molecule has 0 aliphatic carbocycles. The number of morpholine rings is 1. The van der Waals surface area contributed by atoms with Crippen molar-refractivity contribution in [2.45, 2.75) is 57.0 Å². The highest BCUT2D eigenvalue weighted by Crippen LogP contribution is 2.32. The zero-order valence-electron chi connectivity index (χ0n) is 24.0. The van der Waals surface area contributed by atoms with Crippen LogP contribution in [0.3, 0.4) is 0 Å². The molecular weight excluding hydrogens is 669 g/mol. The molecule has 4 heterocycles. The largest absolute Gasteiger partial charge is 0.490 e. The first-order valence-corrected chi connectivity index (χ1v) is 13.8. The van der Waals surface area contributed by atoms with E-state index in [-0.39, 0.29) is 5.60 Å². The van der Waals surface area contributed by atoms with Gasteiger partial charge in [0.1, 0.15) is 0 Å². The molecule has 1 spiro atoms. The average Bonchev–Trinajstić information content (AvgIpc) is 3.34. The highest BCUT2D eigenvalue weighted by atomic mass is 32.1. The van der Waals surface area contributed by atoms with E-state index in [1.54, 1.807) is 0 Å². The van der Waals surface area contributed by atoms with Crippen LogP contribution in [0.15, 0.2) is 36.7 Å². The zero-order chi connectivity index (χ0) is 35.3. The number of nitrogens with zero attached hydrogens (tertiary/aromatic N) is 3. The van der Waals surface area contributed by atoms with Crippen molar-refractivity contribution in [2.75, 3.05) is 32.8 Å². The Morgan fingerprint density at radius 2 is 1.33 bits per heavy atom. The molecule has 260 valence electrons. The van der Waals surface area contributed by atoms with Crippen LogP contribution in [0, 0.1) is 6.92 Å². The van der Waals surface area contributed by atoms with Crippen LogP contribution in [0.1, 0.15) is 28.2 Å². The van der Waals surface area contributed by atoms with Gasteiger partial charge in [0.25, 0.3) is 0 Å². The number of rotatable bonds is 4. The quantitative estimate of drug-likeness (QED) is 0.364. The first-order valence-electron chi connectivity index (χ1n) is 13.0. The van der Waals surface area contributed by atoms with Crippen molar-refractivity contribution in [3.8, 4) is 0 Å². The molecule has 0 amide bonds. The molecule has 2 fully saturated rings. The molecule has 0 unspecified atom stereocenters. The maximum absolute atomic E-state index is 10.6. The third-order valence-electron chi connectivity index (χ3n) is 6.13. The predicted molar refractivity (Wildman–Crippen MR) is 143 cm³/mol. The van der Waals surface area contributed by atoms with Gasteiger partial charge in [-0.15, -0.1) is 11.3 Å². The number of thiophene rings is 1. The summed E-state index contributed by atoms with van der Waals surface area (Å²) in [6.07, 6.45) is -9.15. The molecule has 20 heteroatoms. The van der Waals surface area contributed by atoms with Crippen LogP contribution in [-0.2, 0) is 32.2 Å². The maximum Gasteiger partial charge on any atom is 0.490 e. The van der Waals surface area contributed by atoms with Gasteiger partial charge in [0, 0.05) is 61.4 Å². The number of aromatic nitrogens is 1. The fraction of sp³-hybridized carbons (Fsp3) is 0.538. The van der Waals surface area contributed by atoms with Crippen LogP contribution >= 0.6 is 11.3 Å². The number of alkyl halides is 9. The van der Waals surface area contributed by atoms with Crippen molar-refractivity contribution in [3.05, 3.63) is 52.0 Å². The Balaban J connectivity index is 0.000000413. The number of aliphatic carboxylic acids is 3. The normalized spacial score (nSPS) is 16.9. The second-order valence-electron chi connectivity index (χ2n) is 9.80. The molecule has 2 saturated heterocycles. The lowest BCUT2D eigenvalue weighted by atomic mass is 9.89. The lowest BCUT2D eigenvalue weighted by Gasteiger charge is -2.47. The summed E-state index contributed by atoms with van der Waals surface area (Å²) in [6.45, 7) is 9.46. The van der Waals surface area contributed by atoms with Crippen LogP contribution < -0.4 is 0 Å². The van der Waals surface area contributed by atoms with Gasteiger partial charge in [0.2, 0.25) is 0 Å². The van der Waals surface area contributed by atoms with Gasteiger partial charge < -0.3 is 20.1 Å². The second kappa shape index (κ2) is 17.4. The fourth-order valence-electron chi connectivity index (χ4n) is 4.02. The molecule has 0 aromatic carbocycles. The summed E-state index contributed by atoms with van der Waals surface area (Å²) in [6, 6.07) is 8.69. The summed E-state index contributed by atoms with van der Waals surface area (Å²) < 4.78 is 102. The number of ether oxygens (including phenoxy) is 1. The summed E-state index contributed by atoms with van der Waals surface area (Å²) >= 11 is 1.92. The number of hydrogen-bond acceptors (Lipinski definition) is 8. The minimum atomic E-state index is -5.08. The van der Waals surface area contributed by atoms with E-state index in [9.17, 15) is 39.5 Å². The zero-order valence-corrected chi connectivity index (χ0v) is 24.8. The smallest absolute Gasteiger partial charge is 0.475 e. The standard InChI is InChI=1S/C20H27N3OS.3C2HF3O2/c1-17-4-5-19(25-17)15-22-9-6-20(7-10-22)16-23(11-12-24-20)14-18-3-2-8-21-13-18;3*3-2(4,5)1(6)7/h2-5,8,13H,6-7,9-12,14-16H2,1H3;3*(H,6,7). The van der Waals surface area contributed by atoms with Crippen LogP contribution in [0.2, 0.25) is 0 Å². The van der Waals surface area contributed by atoms with Crippen molar-refractivity contribution >= 4 is 29.2 Å². The van der Waals surface area contributed by atoms with Crippen LogP contribution in [0.4, 0.5) is 39.5 Å². The number of carboxylic acid groups (broad SMARTS) is 3. The molecule has 2 aliphatic rings. The Hall–Kier alpha value is -3.49. The minimum Gasteiger partial charge on any atom is -0.475 e. The third-order valence-corrected chi connectivity index (χ3v) is 7.11. The van der Waals surface area contributed by atoms with Crippen LogP contribution in [-0.4, -0.2) is 105 Å². The van der Waals surface area contributed by atoms with Crippen molar-refractivity contribution < 1.29 is 74.0 Å². The lowest BCUT2D eigenvalue weighted by molar-refractivity contribution is -0.193. The van der Waals surface area contributed by atoms with Gasteiger partial charge >= 0.3 is 36.4 Å². The Morgan fingerprint density at radius 1 is 0.826 bits per heavy atom. The summed E-state index contributed by atoms with van der Waals surface area (Å²) in [4.78, 5) is 38.9. The number of hydrogen-bond donors (Lipinski definition) is 3. The topological polar surface area (TPSA) is 140 Å². The van der Waals surface area contributed by atoms with Gasteiger partial charge in [0.05, 0.1) is 12.2 Å². The van der Waals surface area contributed by atoms with Crippen molar-refractivity contribution in [1.82, 2.24) is 14.8 Å². The number of carbonyl (C=O) groups is 3. The van der Waals surface area contributed by atoms with E-state index in [2.05, 4.69) is 39.9 Å². The van der Waals surface area contributed by atoms with Crippen molar-refractivity contribution in [3.63, 3.8) is 0 Å². The molecule has 3 N–H and O–H groups in total. The first kappa shape index (κ1) is 40.5.